The molecule has 2 rings (SSSR count). The lowest BCUT2D eigenvalue weighted by Crippen LogP contribution is -2.48. The van der Waals surface area contributed by atoms with Gasteiger partial charge < -0.3 is 4.74 Å². The van der Waals surface area contributed by atoms with E-state index in [9.17, 15) is 4.79 Å². The number of carbonyl (C=O) groups is 1. The minimum Gasteiger partial charge on any atom is -0.373 e. The normalized spacial score (nSPS) is 32.6. The quantitative estimate of drug-likeness (QED) is 0.756. The molecule has 2 aliphatic rings. The van der Waals surface area contributed by atoms with Gasteiger partial charge in [0, 0.05) is 19.0 Å². The first-order valence-corrected chi connectivity index (χ1v) is 7.05. The molecule has 0 amide bonds. The highest BCUT2D eigenvalue weighted by molar-refractivity contribution is 5.83. The Morgan fingerprint density at radius 1 is 1.12 bits per heavy atom. The Labute approximate surface area is 105 Å². The molecular weight excluding hydrogens is 214 g/mol. The van der Waals surface area contributed by atoms with Gasteiger partial charge >= 0.3 is 0 Å². The first-order valence-electron chi connectivity index (χ1n) is 7.05. The summed E-state index contributed by atoms with van der Waals surface area (Å²) >= 11 is 0. The number of Topliss-reactive ketones (excluding diaryl/α,β-unsaturated/α-hetero) is 1. The molecular formula is C14H25NO2. The summed E-state index contributed by atoms with van der Waals surface area (Å²) in [6.45, 7) is 6.63. The second-order valence-electron chi connectivity index (χ2n) is 5.75. The Hall–Kier alpha value is -0.410. The maximum Gasteiger partial charge on any atom is 0.149 e. The highest BCUT2D eigenvalue weighted by atomic mass is 16.5. The van der Waals surface area contributed by atoms with Gasteiger partial charge in [0.05, 0.1) is 18.8 Å². The van der Waals surface area contributed by atoms with Gasteiger partial charge in [0.1, 0.15) is 5.78 Å². The summed E-state index contributed by atoms with van der Waals surface area (Å²) in [5, 5.41) is 0. The lowest BCUT2D eigenvalue weighted by Gasteiger charge is -2.35. The van der Waals surface area contributed by atoms with Crippen molar-refractivity contribution in [2.45, 2.75) is 58.2 Å². The molecule has 1 saturated heterocycles. The Balaban J connectivity index is 1.80. The lowest BCUT2D eigenvalue weighted by molar-refractivity contribution is -0.128. The zero-order valence-electron chi connectivity index (χ0n) is 11.2. The van der Waals surface area contributed by atoms with Gasteiger partial charge in [-0.1, -0.05) is 19.3 Å². The van der Waals surface area contributed by atoms with Crippen LogP contribution in [0.2, 0.25) is 0 Å². The van der Waals surface area contributed by atoms with Gasteiger partial charge in [-0.3, -0.25) is 9.69 Å². The number of ether oxygens (including phenoxy) is 1. The van der Waals surface area contributed by atoms with E-state index >= 15 is 0 Å². The van der Waals surface area contributed by atoms with Crippen LogP contribution >= 0.6 is 0 Å². The van der Waals surface area contributed by atoms with Gasteiger partial charge in [-0.2, -0.15) is 0 Å². The fourth-order valence-electron chi connectivity index (χ4n) is 3.19. The third kappa shape index (κ3) is 3.78. The van der Waals surface area contributed by atoms with Crippen LogP contribution in [0.25, 0.3) is 0 Å². The van der Waals surface area contributed by atoms with Crippen molar-refractivity contribution >= 4 is 5.78 Å². The van der Waals surface area contributed by atoms with Gasteiger partial charge in [-0.05, 0) is 26.7 Å². The second kappa shape index (κ2) is 5.96. The van der Waals surface area contributed by atoms with Gasteiger partial charge in [0.2, 0.25) is 0 Å². The van der Waals surface area contributed by atoms with Crippen LogP contribution in [0, 0.1) is 5.92 Å². The van der Waals surface area contributed by atoms with Gasteiger partial charge in [-0.25, -0.2) is 0 Å². The average Bonchev–Trinajstić information content (AvgIpc) is 2.28. The first kappa shape index (κ1) is 13.0. The summed E-state index contributed by atoms with van der Waals surface area (Å²) in [6, 6.07) is 0. The molecule has 3 heteroatoms. The van der Waals surface area contributed by atoms with Crippen molar-refractivity contribution < 1.29 is 9.53 Å². The predicted octanol–water partition coefficient (Wildman–Crippen LogP) is 2.25. The van der Waals surface area contributed by atoms with Crippen LogP contribution in [-0.2, 0) is 9.53 Å². The molecule has 0 radical (unpaired) electrons. The Kier molecular flexibility index (Phi) is 4.57. The van der Waals surface area contributed by atoms with Crippen LogP contribution in [0.5, 0.6) is 0 Å². The molecule has 1 aliphatic carbocycles. The molecule has 0 aromatic rings. The minimum atomic E-state index is 0.262. The molecule has 17 heavy (non-hydrogen) atoms. The molecule has 0 spiro atoms. The molecule has 0 aromatic carbocycles. The maximum atomic E-state index is 12.2. The highest BCUT2D eigenvalue weighted by Crippen LogP contribution is 2.25. The lowest BCUT2D eigenvalue weighted by atomic mass is 9.86. The topological polar surface area (TPSA) is 29.5 Å². The third-order valence-corrected chi connectivity index (χ3v) is 3.94. The molecule has 2 fully saturated rings. The molecule has 0 N–H and O–H groups in total. The number of morpholine rings is 1. The second-order valence-corrected chi connectivity index (χ2v) is 5.75. The number of rotatable bonds is 3. The van der Waals surface area contributed by atoms with Gasteiger partial charge in [0.25, 0.3) is 0 Å². The van der Waals surface area contributed by atoms with E-state index in [1.54, 1.807) is 0 Å². The van der Waals surface area contributed by atoms with E-state index in [0.29, 0.717) is 18.2 Å². The van der Waals surface area contributed by atoms with Crippen molar-refractivity contribution in [1.29, 1.82) is 0 Å². The van der Waals surface area contributed by atoms with Gasteiger partial charge in [-0.15, -0.1) is 0 Å². The summed E-state index contributed by atoms with van der Waals surface area (Å²) in [6.07, 6.45) is 6.56. The number of hydrogen-bond acceptors (Lipinski definition) is 3. The monoisotopic (exact) mass is 239 g/mol. The molecule has 2 atom stereocenters. The summed E-state index contributed by atoms with van der Waals surface area (Å²) in [5.41, 5.74) is 0. The van der Waals surface area contributed by atoms with E-state index in [-0.39, 0.29) is 12.2 Å². The van der Waals surface area contributed by atoms with Crippen LogP contribution in [0.4, 0.5) is 0 Å². The van der Waals surface area contributed by atoms with Crippen LogP contribution in [0.15, 0.2) is 0 Å². The van der Waals surface area contributed by atoms with Gasteiger partial charge in [0.15, 0.2) is 0 Å². The average molecular weight is 239 g/mol. The molecule has 0 aromatic heterocycles. The number of carbonyl (C=O) groups excluding carboxylic acids is 1. The zero-order chi connectivity index (χ0) is 12.3. The molecule has 1 saturated carbocycles. The fraction of sp³-hybridized carbons (Fsp3) is 0.929. The number of ketones is 1. The van der Waals surface area contributed by atoms with E-state index in [1.165, 1.54) is 19.3 Å². The van der Waals surface area contributed by atoms with E-state index in [2.05, 4.69) is 18.7 Å². The fourth-order valence-corrected chi connectivity index (χ4v) is 3.19. The Morgan fingerprint density at radius 3 is 2.29 bits per heavy atom. The SMILES string of the molecule is CC1CN(CC(=O)C2CCCCC2)CC(C)O1. The molecule has 98 valence electrons. The zero-order valence-corrected chi connectivity index (χ0v) is 11.2. The van der Waals surface area contributed by atoms with Crippen LogP contribution in [0.1, 0.15) is 46.0 Å². The summed E-state index contributed by atoms with van der Waals surface area (Å²) in [5.74, 6) is 0.809. The largest absolute Gasteiger partial charge is 0.373 e. The van der Waals surface area contributed by atoms with E-state index in [0.717, 1.165) is 25.9 Å². The summed E-state index contributed by atoms with van der Waals surface area (Å²) in [7, 11) is 0. The van der Waals surface area contributed by atoms with Crippen molar-refractivity contribution in [2.24, 2.45) is 5.92 Å². The molecule has 1 heterocycles. The van der Waals surface area contributed by atoms with E-state index < -0.39 is 0 Å². The van der Waals surface area contributed by atoms with E-state index in [4.69, 9.17) is 4.74 Å². The number of nitrogens with zero attached hydrogens (tertiary/aromatic N) is 1. The maximum absolute atomic E-state index is 12.2. The smallest absolute Gasteiger partial charge is 0.149 e. The van der Waals surface area contributed by atoms with Crippen LogP contribution in [-0.4, -0.2) is 42.5 Å². The van der Waals surface area contributed by atoms with Crippen molar-refractivity contribution in [2.75, 3.05) is 19.6 Å². The van der Waals surface area contributed by atoms with Crippen LogP contribution < -0.4 is 0 Å². The van der Waals surface area contributed by atoms with Crippen molar-refractivity contribution in [3.8, 4) is 0 Å². The summed E-state index contributed by atoms with van der Waals surface area (Å²) < 4.78 is 5.69. The first-order chi connectivity index (χ1) is 8.15. The molecule has 0 bridgehead atoms. The Morgan fingerprint density at radius 2 is 1.71 bits per heavy atom. The third-order valence-electron chi connectivity index (χ3n) is 3.94. The molecule has 1 aliphatic heterocycles. The molecule has 3 nitrogen and oxygen atoms in total. The highest BCUT2D eigenvalue weighted by Gasteiger charge is 2.27. The van der Waals surface area contributed by atoms with Crippen molar-refractivity contribution in [3.63, 3.8) is 0 Å². The van der Waals surface area contributed by atoms with Crippen LogP contribution in [0.3, 0.4) is 0 Å². The summed E-state index contributed by atoms with van der Waals surface area (Å²) in [4.78, 5) is 14.5. The van der Waals surface area contributed by atoms with Crippen molar-refractivity contribution in [3.05, 3.63) is 0 Å². The van der Waals surface area contributed by atoms with E-state index in [1.807, 2.05) is 0 Å². The minimum absolute atomic E-state index is 0.262. The Bertz CT molecular complexity index is 251. The number of hydrogen-bond donors (Lipinski definition) is 0. The predicted molar refractivity (Wildman–Crippen MR) is 68.0 cm³/mol. The standard InChI is InChI=1S/C14H25NO2/c1-11-8-15(9-12(2)17-11)10-14(16)13-6-4-3-5-7-13/h11-13H,3-10H2,1-2H3. The molecule has 2 unspecified atom stereocenters. The van der Waals surface area contributed by atoms with Crippen molar-refractivity contribution in [1.82, 2.24) is 4.90 Å².